The van der Waals surface area contributed by atoms with Gasteiger partial charge in [-0.1, -0.05) is 21.1 Å². The maximum absolute atomic E-state index is 6.50. The Morgan fingerprint density at radius 2 is 2.20 bits per heavy atom. The van der Waals surface area contributed by atoms with Crippen molar-refractivity contribution in [3.05, 3.63) is 45.3 Å². The third kappa shape index (κ3) is 1.84. The standard InChI is InChI=1S/C17H17BrN4O3/c1-9-11-8-16(6-5-13(11)24-21-9)17(20-15(19)22(2)25-17)12-7-10(18)3-4-14(12)23-16/h3-4,7H,5-6,8H2,1-2H3,(H2,19,20). The summed E-state index contributed by atoms with van der Waals surface area (Å²) in [7, 11) is 1.76. The second-order valence-corrected chi connectivity index (χ2v) is 7.70. The number of ether oxygens (including phenoxy) is 1. The van der Waals surface area contributed by atoms with Gasteiger partial charge in [0.15, 0.2) is 5.60 Å². The summed E-state index contributed by atoms with van der Waals surface area (Å²) in [4.78, 5) is 11.0. The third-order valence-electron chi connectivity index (χ3n) is 5.38. The summed E-state index contributed by atoms with van der Waals surface area (Å²) in [6.45, 7) is 1.95. The van der Waals surface area contributed by atoms with Gasteiger partial charge in [0, 0.05) is 29.9 Å². The van der Waals surface area contributed by atoms with E-state index in [9.17, 15) is 0 Å². The highest BCUT2D eigenvalue weighted by Crippen LogP contribution is 2.58. The Morgan fingerprint density at radius 3 is 2.96 bits per heavy atom. The molecule has 0 radical (unpaired) electrons. The molecule has 2 N–H and O–H groups in total. The number of fused-ring (bicyclic) bond motifs is 4. The predicted molar refractivity (Wildman–Crippen MR) is 92.9 cm³/mol. The first kappa shape index (κ1) is 15.2. The van der Waals surface area contributed by atoms with Crippen LogP contribution >= 0.6 is 15.9 Å². The Morgan fingerprint density at radius 1 is 1.36 bits per heavy atom. The molecule has 1 aromatic heterocycles. The van der Waals surface area contributed by atoms with Crippen LogP contribution in [-0.4, -0.2) is 28.8 Å². The first-order valence-electron chi connectivity index (χ1n) is 8.15. The van der Waals surface area contributed by atoms with Gasteiger partial charge in [-0.2, -0.15) is 0 Å². The van der Waals surface area contributed by atoms with Gasteiger partial charge in [-0.15, -0.1) is 0 Å². The number of nitrogens with two attached hydrogens (primary N) is 1. The molecule has 8 heteroatoms. The second kappa shape index (κ2) is 4.76. The van der Waals surface area contributed by atoms with Crippen LogP contribution < -0.4 is 10.5 Å². The molecule has 0 saturated carbocycles. The van der Waals surface area contributed by atoms with Crippen LogP contribution in [0.2, 0.25) is 0 Å². The molecule has 25 heavy (non-hydrogen) atoms. The van der Waals surface area contributed by atoms with Crippen molar-refractivity contribution in [2.24, 2.45) is 10.7 Å². The van der Waals surface area contributed by atoms with E-state index in [4.69, 9.17) is 24.8 Å². The van der Waals surface area contributed by atoms with Crippen LogP contribution in [0, 0.1) is 6.92 Å². The molecule has 0 fully saturated rings. The lowest BCUT2D eigenvalue weighted by Gasteiger charge is -2.40. The van der Waals surface area contributed by atoms with Crippen molar-refractivity contribution in [3.63, 3.8) is 0 Å². The first-order valence-corrected chi connectivity index (χ1v) is 8.95. The van der Waals surface area contributed by atoms with Crippen molar-refractivity contribution >= 4 is 21.9 Å². The average molecular weight is 405 g/mol. The molecule has 2 aliphatic heterocycles. The van der Waals surface area contributed by atoms with Crippen molar-refractivity contribution in [2.45, 2.75) is 37.5 Å². The topological polar surface area (TPSA) is 86.1 Å². The fourth-order valence-corrected chi connectivity index (χ4v) is 4.46. The maximum atomic E-state index is 6.50. The Bertz CT molecular complexity index is 927. The Labute approximate surface area is 152 Å². The van der Waals surface area contributed by atoms with Gasteiger partial charge >= 0.3 is 0 Å². The Kier molecular flexibility index (Phi) is 2.90. The molecule has 2 unspecified atom stereocenters. The van der Waals surface area contributed by atoms with E-state index in [1.54, 1.807) is 7.05 Å². The zero-order valence-electron chi connectivity index (χ0n) is 13.9. The van der Waals surface area contributed by atoms with Crippen LogP contribution in [-0.2, 0) is 23.4 Å². The summed E-state index contributed by atoms with van der Waals surface area (Å²) in [6, 6.07) is 5.89. The maximum Gasteiger partial charge on any atom is 0.257 e. The van der Waals surface area contributed by atoms with E-state index < -0.39 is 11.3 Å². The van der Waals surface area contributed by atoms with Crippen molar-refractivity contribution in [1.29, 1.82) is 0 Å². The number of hydrogen-bond acceptors (Lipinski definition) is 7. The van der Waals surface area contributed by atoms with Crippen molar-refractivity contribution in [3.8, 4) is 5.75 Å². The number of aromatic nitrogens is 1. The molecular weight excluding hydrogens is 388 g/mol. The van der Waals surface area contributed by atoms with Gasteiger partial charge in [-0.25, -0.2) is 14.9 Å². The number of guanidine groups is 1. The van der Waals surface area contributed by atoms with Crippen LogP contribution in [0.5, 0.6) is 5.75 Å². The van der Waals surface area contributed by atoms with Gasteiger partial charge in [0.05, 0.1) is 11.3 Å². The number of halogens is 1. The lowest BCUT2D eigenvalue weighted by atomic mass is 9.75. The van der Waals surface area contributed by atoms with Gasteiger partial charge in [0.2, 0.25) is 5.96 Å². The van der Waals surface area contributed by atoms with Gasteiger partial charge in [0.25, 0.3) is 5.72 Å². The van der Waals surface area contributed by atoms with E-state index in [-0.39, 0.29) is 0 Å². The molecule has 2 atom stereocenters. The normalized spacial score (nSPS) is 29.7. The number of aliphatic imine (C=N–C) groups is 1. The largest absolute Gasteiger partial charge is 0.481 e. The summed E-state index contributed by atoms with van der Waals surface area (Å²) in [5.41, 5.74) is 7.22. The van der Waals surface area contributed by atoms with E-state index in [2.05, 4.69) is 21.1 Å². The van der Waals surface area contributed by atoms with Gasteiger partial charge in [0.1, 0.15) is 11.5 Å². The highest BCUT2D eigenvalue weighted by Gasteiger charge is 2.66. The molecule has 0 amide bonds. The zero-order valence-corrected chi connectivity index (χ0v) is 15.5. The molecule has 3 heterocycles. The van der Waals surface area contributed by atoms with E-state index >= 15 is 0 Å². The quantitative estimate of drug-likeness (QED) is 0.725. The molecule has 0 saturated heterocycles. The second-order valence-electron chi connectivity index (χ2n) is 6.79. The van der Waals surface area contributed by atoms with Crippen LogP contribution in [0.4, 0.5) is 0 Å². The Balaban J connectivity index is 1.72. The highest BCUT2D eigenvalue weighted by molar-refractivity contribution is 9.10. The van der Waals surface area contributed by atoms with Crippen LogP contribution in [0.3, 0.4) is 0 Å². The third-order valence-corrected chi connectivity index (χ3v) is 5.87. The van der Waals surface area contributed by atoms with Gasteiger partial charge in [-0.3, -0.25) is 0 Å². The van der Waals surface area contributed by atoms with Crippen molar-refractivity contribution < 1.29 is 14.1 Å². The molecule has 2 aromatic rings. The smallest absolute Gasteiger partial charge is 0.257 e. The lowest BCUT2D eigenvalue weighted by molar-refractivity contribution is -0.234. The number of hydrogen-bond donors (Lipinski definition) is 1. The van der Waals surface area contributed by atoms with Gasteiger partial charge < -0.3 is 15.0 Å². The fourth-order valence-electron chi connectivity index (χ4n) is 4.10. The van der Waals surface area contributed by atoms with E-state index in [0.717, 1.165) is 39.2 Å². The number of hydroxylamine groups is 2. The molecule has 1 aliphatic carbocycles. The summed E-state index contributed by atoms with van der Waals surface area (Å²) in [5.74, 6) is 2.03. The Hall–Kier alpha value is -2.06. The van der Waals surface area contributed by atoms with E-state index in [0.29, 0.717) is 18.8 Å². The number of aryl methyl sites for hydroxylation is 2. The molecular formula is C17H17BrN4O3. The molecule has 0 bridgehead atoms. The summed E-state index contributed by atoms with van der Waals surface area (Å²) < 4.78 is 12.9. The van der Waals surface area contributed by atoms with Gasteiger partial charge in [-0.05, 0) is 31.5 Å². The van der Waals surface area contributed by atoms with E-state index in [1.807, 2.05) is 25.1 Å². The minimum atomic E-state index is -1.01. The molecule has 2 spiro atoms. The molecule has 1 aromatic carbocycles. The molecule has 3 aliphatic rings. The fraction of sp³-hybridized carbons (Fsp3) is 0.412. The molecule has 5 rings (SSSR count). The van der Waals surface area contributed by atoms with Crippen LogP contribution in [0.1, 0.15) is 29.0 Å². The molecule has 130 valence electrons. The first-order chi connectivity index (χ1) is 11.9. The minimum Gasteiger partial charge on any atom is -0.481 e. The average Bonchev–Trinajstić information content (AvgIpc) is 3.17. The van der Waals surface area contributed by atoms with Crippen LogP contribution in [0.25, 0.3) is 0 Å². The predicted octanol–water partition coefficient (Wildman–Crippen LogP) is 2.41. The number of rotatable bonds is 0. The van der Waals surface area contributed by atoms with Crippen molar-refractivity contribution in [1.82, 2.24) is 10.2 Å². The molecule has 7 nitrogen and oxygen atoms in total. The van der Waals surface area contributed by atoms with Crippen LogP contribution in [0.15, 0.2) is 32.2 Å². The van der Waals surface area contributed by atoms with Crippen molar-refractivity contribution in [2.75, 3.05) is 7.05 Å². The SMILES string of the molecule is Cc1noc2c1CC1(CC2)Oc2ccc(Br)cc2C12N=C(N)N(C)O2. The zero-order chi connectivity index (χ0) is 17.4. The highest BCUT2D eigenvalue weighted by atomic mass is 79.9. The monoisotopic (exact) mass is 404 g/mol. The summed E-state index contributed by atoms with van der Waals surface area (Å²) >= 11 is 3.54. The van der Waals surface area contributed by atoms with E-state index in [1.165, 1.54) is 5.06 Å². The number of benzene rings is 1. The summed E-state index contributed by atoms with van der Waals surface area (Å²) in [5, 5.41) is 5.62. The lowest BCUT2D eigenvalue weighted by Crippen LogP contribution is -2.55. The number of nitrogens with zero attached hydrogens (tertiary/aromatic N) is 3. The summed E-state index contributed by atoms with van der Waals surface area (Å²) in [6.07, 6.45) is 2.02. The minimum absolute atomic E-state index is 0.337.